The summed E-state index contributed by atoms with van der Waals surface area (Å²) in [6.45, 7) is 0.101. The number of rotatable bonds is 4. The lowest BCUT2D eigenvalue weighted by molar-refractivity contribution is -0.137. The molecule has 0 aliphatic carbocycles. The van der Waals surface area contributed by atoms with E-state index in [9.17, 15) is 19.8 Å². The van der Waals surface area contributed by atoms with Gasteiger partial charge in [0.15, 0.2) is 28.8 Å². The average molecular weight is 472 g/mol. The molecule has 0 aromatic carbocycles. The fourth-order valence-corrected chi connectivity index (χ4v) is 3.86. The molecular weight excluding hydrogens is 452 g/mol. The molecule has 33 heavy (non-hydrogen) atoms. The Morgan fingerprint density at radius 2 is 2.12 bits per heavy atom. The van der Waals surface area contributed by atoms with Crippen molar-refractivity contribution in [3.63, 3.8) is 0 Å². The molecule has 172 valence electrons. The van der Waals surface area contributed by atoms with Gasteiger partial charge >= 0.3 is 0 Å². The summed E-state index contributed by atoms with van der Waals surface area (Å²) >= 11 is 1.23. The number of thiazole rings is 1. The SMILES string of the molecule is CNC(=O)C1OC(n2cnc3c(N)nc(C#CCN(C)C(=O)c4nccs4)nc32)[C@H](O)[C@@H]1O. The van der Waals surface area contributed by atoms with Crippen LogP contribution in [0.15, 0.2) is 17.9 Å². The van der Waals surface area contributed by atoms with Gasteiger partial charge in [0.1, 0.15) is 17.7 Å². The molecule has 0 bridgehead atoms. The molecule has 14 heteroatoms. The third-order valence-corrected chi connectivity index (χ3v) is 5.71. The van der Waals surface area contributed by atoms with E-state index in [0.717, 1.165) is 0 Å². The smallest absolute Gasteiger partial charge is 0.283 e. The van der Waals surface area contributed by atoms with Gasteiger partial charge in [-0.3, -0.25) is 14.2 Å². The number of aromatic nitrogens is 5. The van der Waals surface area contributed by atoms with E-state index in [1.807, 2.05) is 0 Å². The molecule has 1 fully saturated rings. The van der Waals surface area contributed by atoms with Crippen LogP contribution in [-0.4, -0.2) is 90.4 Å². The number of nitrogens with zero attached hydrogens (tertiary/aromatic N) is 6. The molecule has 4 rings (SSSR count). The first-order valence-corrected chi connectivity index (χ1v) is 10.6. The predicted molar refractivity (Wildman–Crippen MR) is 116 cm³/mol. The second-order valence-electron chi connectivity index (χ2n) is 7.10. The molecule has 13 nitrogen and oxygen atoms in total. The first kappa shape index (κ1) is 22.6. The zero-order chi connectivity index (χ0) is 23.7. The van der Waals surface area contributed by atoms with E-state index in [4.69, 9.17) is 10.5 Å². The van der Waals surface area contributed by atoms with Gasteiger partial charge in [-0.1, -0.05) is 5.92 Å². The lowest BCUT2D eigenvalue weighted by atomic mass is 10.1. The highest BCUT2D eigenvalue weighted by atomic mass is 32.1. The third-order valence-electron chi connectivity index (χ3n) is 4.94. The monoisotopic (exact) mass is 472 g/mol. The maximum atomic E-state index is 12.2. The standard InChI is InChI=1S/C19H20N8O5S/c1-21-16(30)13-11(28)12(29)19(32-13)27-8-23-10-14(20)24-9(25-15(10)27)4-3-6-26(2)18(31)17-22-5-7-33-17/h5,7-8,11-13,19,28-29H,6H2,1-2H3,(H,21,30)(H2,20,24,25)/t11-,12+,13?,19?/m0/s1. The van der Waals surface area contributed by atoms with E-state index >= 15 is 0 Å². The maximum Gasteiger partial charge on any atom is 0.283 e. The molecule has 1 aliphatic rings. The number of nitrogen functional groups attached to an aromatic ring is 1. The molecule has 5 N–H and O–H groups in total. The van der Waals surface area contributed by atoms with E-state index in [-0.39, 0.29) is 35.3 Å². The number of aliphatic hydroxyl groups excluding tert-OH is 2. The Bertz CT molecular complexity index is 1250. The molecule has 1 saturated heterocycles. The van der Waals surface area contributed by atoms with Crippen LogP contribution in [-0.2, 0) is 9.53 Å². The van der Waals surface area contributed by atoms with Crippen molar-refractivity contribution in [2.75, 3.05) is 26.4 Å². The van der Waals surface area contributed by atoms with Gasteiger partial charge in [0.05, 0.1) is 12.9 Å². The second-order valence-corrected chi connectivity index (χ2v) is 7.99. The Kier molecular flexibility index (Phi) is 6.20. The van der Waals surface area contributed by atoms with Crippen molar-refractivity contribution in [1.82, 2.24) is 34.7 Å². The van der Waals surface area contributed by atoms with Gasteiger partial charge in [-0.25, -0.2) is 19.9 Å². The number of aliphatic hydroxyl groups is 2. The first-order valence-electron chi connectivity index (χ1n) is 9.69. The summed E-state index contributed by atoms with van der Waals surface area (Å²) in [5.41, 5.74) is 6.43. The number of hydrogen-bond donors (Lipinski definition) is 4. The second kappa shape index (κ2) is 9.08. The van der Waals surface area contributed by atoms with E-state index in [0.29, 0.717) is 5.01 Å². The maximum absolute atomic E-state index is 12.2. The molecule has 0 radical (unpaired) electrons. The van der Waals surface area contributed by atoms with Crippen LogP contribution < -0.4 is 11.1 Å². The molecule has 1 aliphatic heterocycles. The van der Waals surface area contributed by atoms with Crippen LogP contribution in [0.25, 0.3) is 11.2 Å². The Hall–Kier alpha value is -3.64. The lowest BCUT2D eigenvalue weighted by Crippen LogP contribution is -2.41. The quantitative estimate of drug-likeness (QED) is 0.321. The van der Waals surface area contributed by atoms with Gasteiger partial charge in [0.2, 0.25) is 5.82 Å². The molecule has 2 amide bonds. The van der Waals surface area contributed by atoms with Crippen LogP contribution >= 0.6 is 11.3 Å². The fraction of sp³-hybridized carbons (Fsp3) is 0.368. The number of carbonyl (C=O) groups is 2. The summed E-state index contributed by atoms with van der Waals surface area (Å²) in [5, 5.41) is 25.1. The number of nitrogens with two attached hydrogens (primary N) is 1. The largest absolute Gasteiger partial charge is 0.387 e. The van der Waals surface area contributed by atoms with Crippen molar-refractivity contribution < 1.29 is 24.5 Å². The van der Waals surface area contributed by atoms with Crippen LogP contribution in [0.5, 0.6) is 0 Å². The predicted octanol–water partition coefficient (Wildman–Crippen LogP) is -1.65. The summed E-state index contributed by atoms with van der Waals surface area (Å²) < 4.78 is 6.92. The van der Waals surface area contributed by atoms with E-state index < -0.39 is 30.4 Å². The summed E-state index contributed by atoms with van der Waals surface area (Å²) in [5.74, 6) is 4.83. The number of hydrogen-bond acceptors (Lipinski definition) is 11. The number of ether oxygens (including phenoxy) is 1. The average Bonchev–Trinajstić information content (AvgIpc) is 3.54. The Balaban J connectivity index is 1.58. The number of carbonyl (C=O) groups excluding carboxylic acids is 2. The molecule has 3 aromatic rings. The van der Waals surface area contributed by atoms with Crippen molar-refractivity contribution in [1.29, 1.82) is 0 Å². The lowest BCUT2D eigenvalue weighted by Gasteiger charge is -2.16. The Morgan fingerprint density at radius 1 is 1.33 bits per heavy atom. The zero-order valence-electron chi connectivity index (χ0n) is 17.5. The first-order chi connectivity index (χ1) is 15.8. The van der Waals surface area contributed by atoms with E-state index in [1.54, 1.807) is 18.6 Å². The van der Waals surface area contributed by atoms with Gasteiger partial charge < -0.3 is 30.9 Å². The van der Waals surface area contributed by atoms with Crippen LogP contribution in [0, 0.1) is 11.8 Å². The number of amides is 2. The number of likely N-dealkylation sites (N-methyl/N-ethyl adjacent to an activating group) is 1. The van der Waals surface area contributed by atoms with Gasteiger partial charge in [0.25, 0.3) is 11.8 Å². The summed E-state index contributed by atoms with van der Waals surface area (Å²) in [7, 11) is 2.99. The minimum absolute atomic E-state index is 0.0474. The van der Waals surface area contributed by atoms with Crippen molar-refractivity contribution in [3.05, 3.63) is 28.7 Å². The molecule has 4 atom stereocenters. The highest BCUT2D eigenvalue weighted by Crippen LogP contribution is 2.32. The summed E-state index contributed by atoms with van der Waals surface area (Å²) in [4.78, 5) is 42.1. The molecule has 2 unspecified atom stereocenters. The number of nitrogens with one attached hydrogen (secondary N) is 1. The number of imidazole rings is 1. The van der Waals surface area contributed by atoms with Gasteiger partial charge in [-0.15, -0.1) is 11.3 Å². The molecule has 0 spiro atoms. The Labute approximate surface area is 191 Å². The van der Waals surface area contributed by atoms with Crippen LogP contribution in [0.2, 0.25) is 0 Å². The van der Waals surface area contributed by atoms with E-state index in [1.165, 1.54) is 34.2 Å². The normalized spacial score (nSPS) is 22.1. The highest BCUT2D eigenvalue weighted by Gasteiger charge is 2.47. The van der Waals surface area contributed by atoms with Crippen molar-refractivity contribution in [3.8, 4) is 11.8 Å². The van der Waals surface area contributed by atoms with Gasteiger partial charge in [0, 0.05) is 25.7 Å². The fourth-order valence-electron chi connectivity index (χ4n) is 3.23. The summed E-state index contributed by atoms with van der Waals surface area (Å²) in [6.07, 6.45) is -2.40. The molecular formula is C19H20N8O5S. The minimum atomic E-state index is -1.45. The van der Waals surface area contributed by atoms with Crippen LogP contribution in [0.1, 0.15) is 21.9 Å². The van der Waals surface area contributed by atoms with Crippen LogP contribution in [0.4, 0.5) is 5.82 Å². The highest BCUT2D eigenvalue weighted by molar-refractivity contribution is 7.11. The molecule has 0 saturated carbocycles. The summed E-state index contributed by atoms with van der Waals surface area (Å²) in [6, 6.07) is 0. The number of anilines is 1. The third kappa shape index (κ3) is 4.22. The van der Waals surface area contributed by atoms with Crippen molar-refractivity contribution >= 4 is 40.1 Å². The van der Waals surface area contributed by atoms with Crippen molar-refractivity contribution in [2.45, 2.75) is 24.5 Å². The molecule has 4 heterocycles. The number of fused-ring (bicyclic) bond motifs is 1. The minimum Gasteiger partial charge on any atom is -0.387 e. The van der Waals surface area contributed by atoms with Crippen LogP contribution in [0.3, 0.4) is 0 Å². The molecule has 3 aromatic heterocycles. The van der Waals surface area contributed by atoms with Crippen molar-refractivity contribution in [2.24, 2.45) is 0 Å². The van der Waals surface area contributed by atoms with E-state index in [2.05, 4.69) is 37.1 Å². The zero-order valence-corrected chi connectivity index (χ0v) is 18.4. The topological polar surface area (TPSA) is 182 Å². The Morgan fingerprint density at radius 3 is 2.82 bits per heavy atom. The van der Waals surface area contributed by atoms with Gasteiger partial charge in [-0.05, 0) is 5.92 Å². The van der Waals surface area contributed by atoms with Gasteiger partial charge in [-0.2, -0.15) is 0 Å².